The van der Waals surface area contributed by atoms with Gasteiger partial charge in [0.05, 0.1) is 6.54 Å². The Labute approximate surface area is 114 Å². The molecule has 0 unspecified atom stereocenters. The summed E-state index contributed by atoms with van der Waals surface area (Å²) in [7, 11) is 0. The number of aromatic nitrogens is 1. The van der Waals surface area contributed by atoms with E-state index in [1.54, 1.807) is 4.57 Å². The zero-order valence-corrected chi connectivity index (χ0v) is 11.2. The Morgan fingerprint density at radius 3 is 2.89 bits per heavy atom. The molecule has 0 aliphatic carbocycles. The minimum absolute atomic E-state index is 0.0176. The number of aliphatic carboxylic acids is 1. The molecule has 2 rings (SSSR count). The quantitative estimate of drug-likeness (QED) is 0.871. The fourth-order valence-corrected chi connectivity index (χ4v) is 2.48. The maximum Gasteiger partial charge on any atom is 0.328 e. The lowest BCUT2D eigenvalue weighted by molar-refractivity contribution is -0.131. The zero-order chi connectivity index (χ0) is 13.8. The summed E-state index contributed by atoms with van der Waals surface area (Å²) in [6, 6.07) is 7.47. The normalized spacial score (nSPS) is 11.0. The third-order valence-corrected chi connectivity index (χ3v) is 3.57. The number of nitrogens with zero attached hydrogens (tertiary/aromatic N) is 1. The molecule has 5 heteroatoms. The number of benzene rings is 1. The second kappa shape index (κ2) is 5.67. The topological polar surface area (TPSA) is 59.3 Å². The molecule has 19 heavy (non-hydrogen) atoms. The summed E-state index contributed by atoms with van der Waals surface area (Å²) in [6.07, 6.45) is 2.64. The molecule has 0 aliphatic rings. The van der Waals surface area contributed by atoms with E-state index in [0.29, 0.717) is 6.54 Å². The Balaban J connectivity index is 2.25. The van der Waals surface area contributed by atoms with Crippen LogP contribution in [0.2, 0.25) is 0 Å². The Kier molecular flexibility index (Phi) is 3.97. The second-order valence-corrected chi connectivity index (χ2v) is 4.97. The average Bonchev–Trinajstić information content (AvgIpc) is 2.69. The summed E-state index contributed by atoms with van der Waals surface area (Å²) in [5.74, 6) is -0.977. The van der Waals surface area contributed by atoms with Crippen LogP contribution in [0, 0.1) is 6.92 Å². The molecule has 0 aliphatic heterocycles. The summed E-state index contributed by atoms with van der Waals surface area (Å²) in [5, 5.41) is 10.4. The molecule has 0 atom stereocenters. The molecule has 0 radical (unpaired) electrons. The van der Waals surface area contributed by atoms with Gasteiger partial charge in [-0.1, -0.05) is 29.5 Å². The van der Waals surface area contributed by atoms with E-state index in [-0.39, 0.29) is 4.87 Å². The molecule has 0 bridgehead atoms. The lowest BCUT2D eigenvalue weighted by Gasteiger charge is -2.05. The average molecular weight is 275 g/mol. The van der Waals surface area contributed by atoms with E-state index in [4.69, 9.17) is 5.11 Å². The molecule has 1 heterocycles. The number of carbonyl (C=O) groups is 1. The molecular formula is C14H13NO3S. The standard InChI is InChI=1S/C14H13NO3S/c1-10-9-19-14(18)15(10)8-12-4-2-3-11(7-12)5-6-13(16)17/h2-7,9H,8H2,1H3,(H,16,17)/b6-5+. The smallest absolute Gasteiger partial charge is 0.328 e. The van der Waals surface area contributed by atoms with E-state index in [1.807, 2.05) is 36.6 Å². The highest BCUT2D eigenvalue weighted by Crippen LogP contribution is 2.10. The van der Waals surface area contributed by atoms with Gasteiger partial charge in [-0.3, -0.25) is 9.36 Å². The van der Waals surface area contributed by atoms with Crippen molar-refractivity contribution in [1.29, 1.82) is 0 Å². The van der Waals surface area contributed by atoms with Gasteiger partial charge in [0, 0.05) is 17.2 Å². The Morgan fingerprint density at radius 1 is 1.47 bits per heavy atom. The van der Waals surface area contributed by atoms with Crippen molar-refractivity contribution in [2.45, 2.75) is 13.5 Å². The number of hydrogen-bond donors (Lipinski definition) is 1. The van der Waals surface area contributed by atoms with E-state index in [1.165, 1.54) is 17.4 Å². The van der Waals surface area contributed by atoms with Crippen molar-refractivity contribution in [3.8, 4) is 0 Å². The van der Waals surface area contributed by atoms with Gasteiger partial charge >= 0.3 is 10.8 Å². The van der Waals surface area contributed by atoms with Crippen LogP contribution >= 0.6 is 11.3 Å². The lowest BCUT2D eigenvalue weighted by atomic mass is 10.1. The molecule has 1 N–H and O–H groups in total. The first-order valence-corrected chi connectivity index (χ1v) is 6.59. The predicted molar refractivity (Wildman–Crippen MR) is 75.5 cm³/mol. The molecule has 0 amide bonds. The number of carboxylic acids is 1. The number of carboxylic acid groups (broad SMARTS) is 1. The van der Waals surface area contributed by atoms with E-state index in [0.717, 1.165) is 22.9 Å². The molecule has 1 aromatic carbocycles. The van der Waals surface area contributed by atoms with Crippen LogP contribution < -0.4 is 4.87 Å². The van der Waals surface area contributed by atoms with Crippen LogP contribution in [0.15, 0.2) is 40.5 Å². The molecule has 0 saturated carbocycles. The third-order valence-electron chi connectivity index (χ3n) is 2.69. The summed E-state index contributed by atoms with van der Waals surface area (Å²) in [5.41, 5.74) is 2.71. The maximum atomic E-state index is 11.6. The molecular weight excluding hydrogens is 262 g/mol. The minimum Gasteiger partial charge on any atom is -0.478 e. The molecule has 1 aromatic heterocycles. The van der Waals surface area contributed by atoms with Crippen LogP contribution in [0.5, 0.6) is 0 Å². The highest BCUT2D eigenvalue weighted by molar-refractivity contribution is 7.07. The first-order chi connectivity index (χ1) is 9.06. The summed E-state index contributed by atoms with van der Waals surface area (Å²) in [4.78, 5) is 22.1. The van der Waals surface area contributed by atoms with Gasteiger partial charge < -0.3 is 5.11 Å². The number of aryl methyl sites for hydroxylation is 1. The zero-order valence-electron chi connectivity index (χ0n) is 10.4. The molecule has 0 saturated heterocycles. The number of thiazole rings is 1. The van der Waals surface area contributed by atoms with E-state index in [9.17, 15) is 9.59 Å². The van der Waals surface area contributed by atoms with Crippen LogP contribution in [0.4, 0.5) is 0 Å². The van der Waals surface area contributed by atoms with Gasteiger partial charge in [0.25, 0.3) is 0 Å². The van der Waals surface area contributed by atoms with E-state index < -0.39 is 5.97 Å². The van der Waals surface area contributed by atoms with Crippen molar-refractivity contribution in [1.82, 2.24) is 4.57 Å². The van der Waals surface area contributed by atoms with Crippen molar-refractivity contribution in [2.75, 3.05) is 0 Å². The summed E-state index contributed by atoms with van der Waals surface area (Å²) >= 11 is 1.18. The summed E-state index contributed by atoms with van der Waals surface area (Å²) < 4.78 is 1.70. The fourth-order valence-electron chi connectivity index (χ4n) is 1.74. The Hall–Kier alpha value is -2.14. The van der Waals surface area contributed by atoms with E-state index in [2.05, 4.69) is 0 Å². The van der Waals surface area contributed by atoms with Crippen molar-refractivity contribution in [3.05, 3.63) is 62.2 Å². The van der Waals surface area contributed by atoms with Gasteiger partial charge in [-0.25, -0.2) is 4.79 Å². The van der Waals surface area contributed by atoms with Crippen molar-refractivity contribution in [3.63, 3.8) is 0 Å². The second-order valence-electron chi connectivity index (χ2n) is 4.15. The monoisotopic (exact) mass is 275 g/mol. The van der Waals surface area contributed by atoms with Crippen LogP contribution in [0.3, 0.4) is 0 Å². The Morgan fingerprint density at radius 2 is 2.26 bits per heavy atom. The molecule has 2 aromatic rings. The number of hydrogen-bond acceptors (Lipinski definition) is 3. The van der Waals surface area contributed by atoms with Crippen LogP contribution in [-0.2, 0) is 11.3 Å². The molecule has 0 fully saturated rings. The van der Waals surface area contributed by atoms with Gasteiger partial charge in [0.1, 0.15) is 0 Å². The third kappa shape index (κ3) is 3.42. The van der Waals surface area contributed by atoms with Crippen LogP contribution in [0.25, 0.3) is 6.08 Å². The van der Waals surface area contributed by atoms with Gasteiger partial charge in [0.2, 0.25) is 0 Å². The van der Waals surface area contributed by atoms with Crippen LogP contribution in [-0.4, -0.2) is 15.6 Å². The van der Waals surface area contributed by atoms with Crippen molar-refractivity contribution >= 4 is 23.4 Å². The van der Waals surface area contributed by atoms with Gasteiger partial charge in [-0.2, -0.15) is 0 Å². The van der Waals surface area contributed by atoms with Crippen molar-refractivity contribution < 1.29 is 9.90 Å². The largest absolute Gasteiger partial charge is 0.478 e. The van der Waals surface area contributed by atoms with Gasteiger partial charge in [0.15, 0.2) is 0 Å². The van der Waals surface area contributed by atoms with Gasteiger partial charge in [-0.05, 0) is 30.2 Å². The van der Waals surface area contributed by atoms with Gasteiger partial charge in [-0.15, -0.1) is 0 Å². The first kappa shape index (κ1) is 13.3. The highest BCUT2D eigenvalue weighted by atomic mass is 32.1. The predicted octanol–water partition coefficient (Wildman–Crippen LogP) is 2.36. The highest BCUT2D eigenvalue weighted by Gasteiger charge is 2.03. The number of rotatable bonds is 4. The SMILES string of the molecule is Cc1csc(=O)n1Cc1cccc(/C=C/C(=O)O)c1. The Bertz CT molecular complexity index is 682. The van der Waals surface area contributed by atoms with E-state index >= 15 is 0 Å². The first-order valence-electron chi connectivity index (χ1n) is 5.71. The van der Waals surface area contributed by atoms with Crippen molar-refractivity contribution in [2.24, 2.45) is 0 Å². The molecule has 4 nitrogen and oxygen atoms in total. The fraction of sp³-hybridized carbons (Fsp3) is 0.143. The lowest BCUT2D eigenvalue weighted by Crippen LogP contribution is -2.15. The maximum absolute atomic E-state index is 11.6. The molecule has 98 valence electrons. The molecule has 0 spiro atoms. The minimum atomic E-state index is -0.977. The summed E-state index contributed by atoms with van der Waals surface area (Å²) in [6.45, 7) is 2.40. The van der Waals surface area contributed by atoms with Crippen LogP contribution in [0.1, 0.15) is 16.8 Å².